The quantitative estimate of drug-likeness (QED) is 0.519. The topological polar surface area (TPSA) is 58.2 Å². The van der Waals surface area contributed by atoms with Crippen LogP contribution >= 0.6 is 11.3 Å². The van der Waals surface area contributed by atoms with Crippen molar-refractivity contribution >= 4 is 27.8 Å². The molecule has 0 bridgehead atoms. The fourth-order valence-electron chi connectivity index (χ4n) is 3.54. The number of pyridine rings is 1. The van der Waals surface area contributed by atoms with Crippen molar-refractivity contribution in [1.29, 1.82) is 0 Å². The molecule has 0 unspecified atom stereocenters. The van der Waals surface area contributed by atoms with Crippen LogP contribution < -0.4 is 10.5 Å². The third-order valence-electron chi connectivity index (χ3n) is 5.09. The molecule has 0 saturated carbocycles. The smallest absolute Gasteiger partial charge is 0.260 e. The van der Waals surface area contributed by atoms with E-state index in [1.54, 1.807) is 22.9 Å². The summed E-state index contributed by atoms with van der Waals surface area (Å²) in [6.45, 7) is 5.41. The molecule has 0 aliphatic carbocycles. The Bertz CT molecular complexity index is 1250. The largest absolute Gasteiger partial charge is 0.354 e. The van der Waals surface area contributed by atoms with Gasteiger partial charge in [0.2, 0.25) is 0 Å². The number of anilines is 1. The Morgan fingerprint density at radius 1 is 1.07 bits per heavy atom. The summed E-state index contributed by atoms with van der Waals surface area (Å²) in [6, 6.07) is 3.04. The lowest BCUT2D eigenvalue weighted by Crippen LogP contribution is -2.45. The number of thiazole rings is 1. The van der Waals surface area contributed by atoms with E-state index in [9.17, 15) is 9.18 Å². The molecule has 0 amide bonds. The van der Waals surface area contributed by atoms with Crippen molar-refractivity contribution in [2.24, 2.45) is 0 Å². The maximum Gasteiger partial charge on any atom is 0.260 e. The predicted octanol–water partition coefficient (Wildman–Crippen LogP) is 2.27. The van der Waals surface area contributed by atoms with Gasteiger partial charge in [-0.05, 0) is 20.0 Å². The van der Waals surface area contributed by atoms with E-state index in [1.165, 1.54) is 21.8 Å². The highest BCUT2D eigenvalue weighted by molar-refractivity contribution is 7.20. The van der Waals surface area contributed by atoms with Gasteiger partial charge in [-0.2, -0.15) is 0 Å². The normalized spacial score (nSPS) is 15.8. The van der Waals surface area contributed by atoms with E-state index < -0.39 is 0 Å². The summed E-state index contributed by atoms with van der Waals surface area (Å²) in [7, 11) is 2.09. The van der Waals surface area contributed by atoms with Crippen LogP contribution in [0, 0.1) is 12.7 Å². The monoisotopic (exact) mass is 398 g/mol. The minimum atomic E-state index is -0.388. The van der Waals surface area contributed by atoms with Crippen molar-refractivity contribution < 1.29 is 4.39 Å². The molecule has 4 aromatic rings. The highest BCUT2D eigenvalue weighted by atomic mass is 32.1. The molecular formula is C19H19FN6OS. The second-order valence-electron chi connectivity index (χ2n) is 7.18. The Labute approximate surface area is 164 Å². The van der Waals surface area contributed by atoms with Crippen molar-refractivity contribution in [2.75, 3.05) is 38.1 Å². The Morgan fingerprint density at radius 3 is 2.64 bits per heavy atom. The molecule has 1 saturated heterocycles. The standard InChI is InChI=1S/C19H19FN6OS/c1-12-9-25-10-13(7-14(20)18(25)21-12)15-11-26-17(27)8-16(22-19(26)28-15)24-5-3-23(2)4-6-24/h7-11H,3-6H2,1-2H3. The van der Waals surface area contributed by atoms with Gasteiger partial charge in [0, 0.05) is 56.4 Å². The zero-order valence-electron chi connectivity index (χ0n) is 15.6. The zero-order chi connectivity index (χ0) is 19.4. The molecule has 0 aromatic carbocycles. The van der Waals surface area contributed by atoms with Crippen LogP contribution in [0.2, 0.25) is 0 Å². The summed E-state index contributed by atoms with van der Waals surface area (Å²) in [5, 5.41) is 0. The van der Waals surface area contributed by atoms with Gasteiger partial charge in [-0.25, -0.2) is 14.4 Å². The maximum atomic E-state index is 14.4. The minimum Gasteiger partial charge on any atom is -0.354 e. The lowest BCUT2D eigenvalue weighted by molar-refractivity contribution is 0.312. The third-order valence-corrected chi connectivity index (χ3v) is 6.12. The van der Waals surface area contributed by atoms with Crippen LogP contribution in [-0.2, 0) is 0 Å². The van der Waals surface area contributed by atoms with Crippen LogP contribution in [-0.4, -0.2) is 56.9 Å². The second kappa shape index (κ2) is 6.39. The fourth-order valence-corrected chi connectivity index (χ4v) is 4.50. The summed E-state index contributed by atoms with van der Waals surface area (Å²) in [6.07, 6.45) is 5.34. The number of halogens is 1. The number of aryl methyl sites for hydroxylation is 1. The lowest BCUT2D eigenvalue weighted by Gasteiger charge is -2.32. The summed E-state index contributed by atoms with van der Waals surface area (Å²) >= 11 is 1.38. The average molecular weight is 398 g/mol. The van der Waals surface area contributed by atoms with E-state index in [0.717, 1.165) is 36.8 Å². The van der Waals surface area contributed by atoms with Gasteiger partial charge in [-0.3, -0.25) is 9.20 Å². The molecular weight excluding hydrogens is 379 g/mol. The molecule has 7 nitrogen and oxygen atoms in total. The van der Waals surface area contributed by atoms with Crippen molar-refractivity contribution in [3.8, 4) is 10.4 Å². The molecule has 0 spiro atoms. The number of aromatic nitrogens is 4. The highest BCUT2D eigenvalue weighted by Crippen LogP contribution is 2.29. The predicted molar refractivity (Wildman–Crippen MR) is 108 cm³/mol. The van der Waals surface area contributed by atoms with E-state index in [4.69, 9.17) is 4.98 Å². The first kappa shape index (κ1) is 17.3. The molecule has 4 aromatic heterocycles. The lowest BCUT2D eigenvalue weighted by atomic mass is 10.2. The molecule has 5 rings (SSSR count). The van der Waals surface area contributed by atoms with Gasteiger partial charge in [-0.1, -0.05) is 11.3 Å². The molecule has 144 valence electrons. The second-order valence-corrected chi connectivity index (χ2v) is 8.19. The zero-order valence-corrected chi connectivity index (χ0v) is 16.4. The van der Waals surface area contributed by atoms with E-state index in [1.807, 2.05) is 13.1 Å². The number of nitrogens with zero attached hydrogens (tertiary/aromatic N) is 6. The van der Waals surface area contributed by atoms with Crippen LogP contribution in [0.4, 0.5) is 10.2 Å². The third kappa shape index (κ3) is 2.87. The van der Waals surface area contributed by atoms with Crippen molar-refractivity contribution in [3.63, 3.8) is 0 Å². The van der Waals surface area contributed by atoms with Crippen LogP contribution in [0.5, 0.6) is 0 Å². The molecule has 28 heavy (non-hydrogen) atoms. The van der Waals surface area contributed by atoms with E-state index in [0.29, 0.717) is 22.0 Å². The first-order chi connectivity index (χ1) is 13.5. The number of rotatable bonds is 2. The van der Waals surface area contributed by atoms with E-state index in [2.05, 4.69) is 21.8 Å². The van der Waals surface area contributed by atoms with E-state index in [-0.39, 0.29) is 11.4 Å². The fraction of sp³-hybridized carbons (Fsp3) is 0.316. The molecule has 1 fully saturated rings. The summed E-state index contributed by atoms with van der Waals surface area (Å²) in [5.41, 5.74) is 1.62. The Kier molecular flexibility index (Phi) is 3.95. The molecule has 1 aliphatic heterocycles. The summed E-state index contributed by atoms with van der Waals surface area (Å²) < 4.78 is 17.7. The van der Waals surface area contributed by atoms with Gasteiger partial charge >= 0.3 is 0 Å². The molecule has 0 N–H and O–H groups in total. The van der Waals surface area contributed by atoms with Crippen LogP contribution in [0.1, 0.15) is 5.69 Å². The number of imidazole rings is 1. The van der Waals surface area contributed by atoms with Crippen molar-refractivity contribution in [2.45, 2.75) is 6.92 Å². The molecule has 0 radical (unpaired) electrons. The van der Waals surface area contributed by atoms with Gasteiger partial charge in [0.1, 0.15) is 5.82 Å². The van der Waals surface area contributed by atoms with Gasteiger partial charge in [0.05, 0.1) is 10.6 Å². The molecule has 9 heteroatoms. The first-order valence-corrected chi connectivity index (χ1v) is 9.91. The van der Waals surface area contributed by atoms with E-state index >= 15 is 0 Å². The molecule has 1 aliphatic rings. The SMILES string of the molecule is Cc1cn2cc(-c3cn4c(=O)cc(N5CCN(C)CC5)nc4s3)cc(F)c2n1. The van der Waals surface area contributed by atoms with Gasteiger partial charge in [0.25, 0.3) is 5.56 Å². The van der Waals surface area contributed by atoms with Crippen LogP contribution in [0.15, 0.2) is 35.5 Å². The van der Waals surface area contributed by atoms with Gasteiger partial charge in [0.15, 0.2) is 16.4 Å². The van der Waals surface area contributed by atoms with Crippen molar-refractivity contribution in [1.82, 2.24) is 23.7 Å². The first-order valence-electron chi connectivity index (χ1n) is 9.10. The number of piperazine rings is 1. The number of hydrogen-bond donors (Lipinski definition) is 0. The minimum absolute atomic E-state index is 0.124. The number of hydrogen-bond acceptors (Lipinski definition) is 6. The molecule has 0 atom stereocenters. The summed E-state index contributed by atoms with van der Waals surface area (Å²) in [4.78, 5) is 27.3. The average Bonchev–Trinajstić information content (AvgIpc) is 3.25. The molecule has 5 heterocycles. The highest BCUT2D eigenvalue weighted by Gasteiger charge is 2.18. The summed E-state index contributed by atoms with van der Waals surface area (Å²) in [5.74, 6) is 0.319. The maximum absolute atomic E-state index is 14.4. The van der Waals surface area contributed by atoms with Gasteiger partial charge < -0.3 is 14.2 Å². The number of likely N-dealkylation sites (N-methyl/N-ethyl adjacent to an activating group) is 1. The number of fused-ring (bicyclic) bond motifs is 2. The Morgan fingerprint density at radius 2 is 1.86 bits per heavy atom. The van der Waals surface area contributed by atoms with Gasteiger partial charge in [-0.15, -0.1) is 0 Å². The van der Waals surface area contributed by atoms with Crippen molar-refractivity contribution in [3.05, 3.63) is 52.6 Å². The van der Waals surface area contributed by atoms with Crippen LogP contribution in [0.3, 0.4) is 0 Å². The Balaban J connectivity index is 1.58. The van der Waals surface area contributed by atoms with Crippen LogP contribution in [0.25, 0.3) is 21.0 Å². The Hall–Kier alpha value is -2.78.